The van der Waals surface area contributed by atoms with Gasteiger partial charge in [0.15, 0.2) is 0 Å². The fraction of sp³-hybridized carbons (Fsp3) is 0.105. The van der Waals surface area contributed by atoms with Crippen LogP contribution in [0.2, 0.25) is 0 Å². The molecule has 0 fully saturated rings. The van der Waals surface area contributed by atoms with Crippen LogP contribution in [-0.4, -0.2) is 12.6 Å². The summed E-state index contributed by atoms with van der Waals surface area (Å²) in [5.74, 6) is 3.64. The summed E-state index contributed by atoms with van der Waals surface area (Å²) in [6.45, 7) is 1.74. The van der Waals surface area contributed by atoms with Crippen molar-refractivity contribution in [1.82, 2.24) is 0 Å². The van der Waals surface area contributed by atoms with E-state index in [2.05, 4.69) is 11.8 Å². The van der Waals surface area contributed by atoms with Crippen LogP contribution in [0.4, 0.5) is 4.39 Å². The van der Waals surface area contributed by atoms with E-state index in [4.69, 9.17) is 4.74 Å². The van der Waals surface area contributed by atoms with Crippen LogP contribution in [0.1, 0.15) is 18.1 Å². The molecule has 0 spiro atoms. The molecule has 3 heteroatoms. The Bertz CT molecular complexity index is 722. The number of ether oxygens (including phenoxy) is 1. The van der Waals surface area contributed by atoms with Gasteiger partial charge in [0.05, 0.1) is 12.2 Å². The Labute approximate surface area is 129 Å². The quantitative estimate of drug-likeness (QED) is 0.486. The second-order valence-electron chi connectivity index (χ2n) is 4.39. The van der Waals surface area contributed by atoms with Gasteiger partial charge in [-0.3, -0.25) is 0 Å². The zero-order valence-electron chi connectivity index (χ0n) is 12.2. The van der Waals surface area contributed by atoms with Gasteiger partial charge in [-0.05, 0) is 24.6 Å². The standard InChI is InChI=1S/C19H15FO2/c1-2-22-19(21)18(20)17(16-11-7-4-8-12-16)14-13-15-9-5-3-6-10-15/h3-12H,2H2,1H3/b18-17+. The Morgan fingerprint density at radius 3 is 2.23 bits per heavy atom. The second-order valence-corrected chi connectivity index (χ2v) is 4.39. The molecule has 0 aliphatic carbocycles. The van der Waals surface area contributed by atoms with Crippen molar-refractivity contribution >= 4 is 11.5 Å². The van der Waals surface area contributed by atoms with Crippen molar-refractivity contribution in [2.24, 2.45) is 0 Å². The third kappa shape index (κ3) is 4.07. The number of esters is 1. The predicted molar refractivity (Wildman–Crippen MR) is 84.4 cm³/mol. The number of allylic oxidation sites excluding steroid dienone is 1. The number of hydrogen-bond donors (Lipinski definition) is 0. The summed E-state index contributed by atoms with van der Waals surface area (Å²) in [6, 6.07) is 17.9. The van der Waals surface area contributed by atoms with Gasteiger partial charge in [-0.1, -0.05) is 60.4 Å². The largest absolute Gasteiger partial charge is 0.461 e. The number of carbonyl (C=O) groups is 1. The van der Waals surface area contributed by atoms with Gasteiger partial charge in [-0.15, -0.1) is 0 Å². The van der Waals surface area contributed by atoms with Gasteiger partial charge in [-0.25, -0.2) is 4.79 Å². The molecule has 2 nitrogen and oxygen atoms in total. The maximum atomic E-state index is 14.3. The lowest BCUT2D eigenvalue weighted by Crippen LogP contribution is -2.06. The number of carbonyl (C=O) groups excluding carboxylic acids is 1. The highest BCUT2D eigenvalue weighted by Gasteiger charge is 2.16. The van der Waals surface area contributed by atoms with E-state index < -0.39 is 11.8 Å². The molecule has 2 aromatic rings. The van der Waals surface area contributed by atoms with E-state index in [9.17, 15) is 9.18 Å². The number of rotatable bonds is 3. The molecule has 0 saturated carbocycles. The van der Waals surface area contributed by atoms with Crippen LogP contribution >= 0.6 is 0 Å². The molecule has 0 radical (unpaired) electrons. The average Bonchev–Trinajstić information content (AvgIpc) is 2.57. The first-order valence-corrected chi connectivity index (χ1v) is 6.91. The van der Waals surface area contributed by atoms with Gasteiger partial charge in [0.2, 0.25) is 5.83 Å². The summed E-state index contributed by atoms with van der Waals surface area (Å²) in [7, 11) is 0. The fourth-order valence-electron chi connectivity index (χ4n) is 1.81. The molecule has 0 aliphatic rings. The van der Waals surface area contributed by atoms with E-state index >= 15 is 0 Å². The molecule has 0 aromatic heterocycles. The Morgan fingerprint density at radius 1 is 1.05 bits per heavy atom. The number of benzene rings is 2. The molecule has 0 N–H and O–H groups in total. The van der Waals surface area contributed by atoms with Gasteiger partial charge >= 0.3 is 5.97 Å². The molecule has 110 valence electrons. The van der Waals surface area contributed by atoms with Crippen molar-refractivity contribution < 1.29 is 13.9 Å². The van der Waals surface area contributed by atoms with Crippen LogP contribution in [0.3, 0.4) is 0 Å². The summed E-state index contributed by atoms with van der Waals surface area (Å²) < 4.78 is 19.1. The van der Waals surface area contributed by atoms with Gasteiger partial charge in [-0.2, -0.15) is 4.39 Å². The van der Waals surface area contributed by atoms with Crippen LogP contribution in [0.25, 0.3) is 5.57 Å². The fourth-order valence-corrected chi connectivity index (χ4v) is 1.81. The van der Waals surface area contributed by atoms with Gasteiger partial charge < -0.3 is 4.74 Å². The highest BCUT2D eigenvalue weighted by molar-refractivity contribution is 5.99. The number of hydrogen-bond acceptors (Lipinski definition) is 2. The van der Waals surface area contributed by atoms with Crippen molar-refractivity contribution in [3.05, 3.63) is 77.6 Å². The minimum atomic E-state index is -0.997. The molecule has 0 heterocycles. The summed E-state index contributed by atoms with van der Waals surface area (Å²) in [5, 5.41) is 0. The van der Waals surface area contributed by atoms with Crippen LogP contribution in [0, 0.1) is 11.8 Å². The van der Waals surface area contributed by atoms with Crippen molar-refractivity contribution in [2.75, 3.05) is 6.61 Å². The summed E-state index contributed by atoms with van der Waals surface area (Å²) in [4.78, 5) is 11.6. The molecule has 0 atom stereocenters. The smallest absolute Gasteiger partial charge is 0.368 e. The lowest BCUT2D eigenvalue weighted by atomic mass is 10.0. The zero-order valence-corrected chi connectivity index (χ0v) is 12.2. The van der Waals surface area contributed by atoms with E-state index in [-0.39, 0.29) is 12.2 Å². The maximum Gasteiger partial charge on any atom is 0.368 e. The first-order chi connectivity index (χ1) is 10.7. The lowest BCUT2D eigenvalue weighted by molar-refractivity contribution is -0.140. The van der Waals surface area contributed by atoms with Gasteiger partial charge in [0.25, 0.3) is 0 Å². The second kappa shape index (κ2) is 7.80. The third-order valence-corrected chi connectivity index (χ3v) is 2.84. The Morgan fingerprint density at radius 2 is 1.64 bits per heavy atom. The first-order valence-electron chi connectivity index (χ1n) is 6.91. The zero-order chi connectivity index (χ0) is 15.8. The van der Waals surface area contributed by atoms with E-state index in [1.807, 2.05) is 36.4 Å². The van der Waals surface area contributed by atoms with Crippen molar-refractivity contribution in [3.63, 3.8) is 0 Å². The van der Waals surface area contributed by atoms with Gasteiger partial charge in [0, 0.05) is 5.56 Å². The van der Waals surface area contributed by atoms with E-state index in [1.54, 1.807) is 31.2 Å². The molecule has 0 bridgehead atoms. The first kappa shape index (κ1) is 15.5. The average molecular weight is 294 g/mol. The number of halogens is 1. The molecule has 2 aromatic carbocycles. The van der Waals surface area contributed by atoms with Crippen LogP contribution in [-0.2, 0) is 9.53 Å². The van der Waals surface area contributed by atoms with E-state index in [0.717, 1.165) is 5.56 Å². The van der Waals surface area contributed by atoms with Crippen molar-refractivity contribution in [2.45, 2.75) is 6.92 Å². The molecular weight excluding hydrogens is 279 g/mol. The molecular formula is C19H15FO2. The maximum absolute atomic E-state index is 14.3. The molecule has 0 saturated heterocycles. The van der Waals surface area contributed by atoms with Crippen LogP contribution in [0.5, 0.6) is 0 Å². The van der Waals surface area contributed by atoms with Gasteiger partial charge in [0.1, 0.15) is 0 Å². The third-order valence-electron chi connectivity index (χ3n) is 2.84. The minimum absolute atomic E-state index is 0.0305. The molecule has 2 rings (SSSR count). The Balaban J connectivity index is 2.46. The highest BCUT2D eigenvalue weighted by Crippen LogP contribution is 2.20. The topological polar surface area (TPSA) is 26.3 Å². The SMILES string of the molecule is CCOC(=O)/C(F)=C(/C#Cc1ccccc1)c1ccccc1. The summed E-state index contributed by atoms with van der Waals surface area (Å²) in [6.07, 6.45) is 0. The highest BCUT2D eigenvalue weighted by atomic mass is 19.1. The van der Waals surface area contributed by atoms with Crippen LogP contribution in [0.15, 0.2) is 66.5 Å². The summed E-state index contributed by atoms with van der Waals surface area (Å²) in [5.41, 5.74) is 1.31. The van der Waals surface area contributed by atoms with E-state index in [1.165, 1.54) is 0 Å². The Kier molecular flexibility index (Phi) is 5.50. The van der Waals surface area contributed by atoms with E-state index in [0.29, 0.717) is 5.56 Å². The van der Waals surface area contributed by atoms with Crippen molar-refractivity contribution in [3.8, 4) is 11.8 Å². The monoisotopic (exact) mass is 294 g/mol. The minimum Gasteiger partial charge on any atom is -0.461 e. The molecule has 22 heavy (non-hydrogen) atoms. The van der Waals surface area contributed by atoms with Crippen LogP contribution < -0.4 is 0 Å². The normalized spacial score (nSPS) is 11.0. The molecule has 0 aliphatic heterocycles. The lowest BCUT2D eigenvalue weighted by Gasteiger charge is -2.04. The Hall–Kier alpha value is -2.86. The molecule has 0 unspecified atom stereocenters. The predicted octanol–water partition coefficient (Wildman–Crippen LogP) is 3.98. The van der Waals surface area contributed by atoms with Crippen molar-refractivity contribution in [1.29, 1.82) is 0 Å². The summed E-state index contributed by atoms with van der Waals surface area (Å²) >= 11 is 0. The molecule has 0 amide bonds.